The van der Waals surface area contributed by atoms with Crippen molar-refractivity contribution < 1.29 is 5.11 Å². The molecule has 0 fully saturated rings. The zero-order valence-electron chi connectivity index (χ0n) is 7.49. The second kappa shape index (κ2) is 3.69. The molecule has 12 heavy (non-hydrogen) atoms. The molecule has 4 nitrogen and oxygen atoms in total. The fourth-order valence-corrected chi connectivity index (χ4v) is 1.26. The van der Waals surface area contributed by atoms with Gasteiger partial charge in [-0.05, 0) is 19.9 Å². The zero-order valence-corrected chi connectivity index (χ0v) is 7.49. The van der Waals surface area contributed by atoms with Crippen LogP contribution in [-0.2, 0) is 7.05 Å². The predicted octanol–water partition coefficient (Wildman–Crippen LogP) is 0.111. The van der Waals surface area contributed by atoms with Crippen molar-refractivity contribution in [3.8, 4) is 0 Å². The molecule has 0 saturated heterocycles. The number of aliphatic hydroxyl groups excluding tert-OH is 1. The number of nitrogens with zero attached hydrogens (tertiary/aromatic N) is 2. The lowest BCUT2D eigenvalue weighted by molar-refractivity contribution is 0.169. The van der Waals surface area contributed by atoms with Crippen LogP contribution in [0, 0.1) is 6.92 Å². The Morgan fingerprint density at radius 1 is 1.75 bits per heavy atom. The molecule has 0 saturated carbocycles. The highest BCUT2D eigenvalue weighted by molar-refractivity contribution is 5.18. The third-order valence-corrected chi connectivity index (χ3v) is 1.85. The predicted molar refractivity (Wildman–Crippen MR) is 46.6 cm³/mol. The average molecular weight is 169 g/mol. The van der Waals surface area contributed by atoms with E-state index >= 15 is 0 Å². The van der Waals surface area contributed by atoms with E-state index in [4.69, 9.17) is 5.73 Å². The number of nitrogens with two attached hydrogens (primary N) is 1. The summed E-state index contributed by atoms with van der Waals surface area (Å²) in [5.74, 6) is 0. The Hall–Kier alpha value is -0.870. The normalized spacial score (nSPS) is 13.3. The number of hydrogen-bond donors (Lipinski definition) is 2. The fraction of sp³-hybridized carbons (Fsp3) is 0.625. The summed E-state index contributed by atoms with van der Waals surface area (Å²) < 4.78 is 1.70. The van der Waals surface area contributed by atoms with Crippen LogP contribution >= 0.6 is 0 Å². The number of hydrogen-bond acceptors (Lipinski definition) is 3. The molecule has 3 N–H and O–H groups in total. The van der Waals surface area contributed by atoms with Crippen molar-refractivity contribution in [3.63, 3.8) is 0 Å². The highest BCUT2D eigenvalue weighted by atomic mass is 16.3. The topological polar surface area (TPSA) is 64.1 Å². The SMILES string of the molecule is Cc1nn(C)cc1[C@H](O)CCN. The van der Waals surface area contributed by atoms with Crippen molar-refractivity contribution in [3.05, 3.63) is 17.5 Å². The largest absolute Gasteiger partial charge is 0.388 e. The minimum absolute atomic E-state index is 0.469. The molecular formula is C8H15N3O. The van der Waals surface area contributed by atoms with E-state index < -0.39 is 6.10 Å². The first kappa shape index (κ1) is 9.22. The molecule has 0 aliphatic heterocycles. The highest BCUT2D eigenvalue weighted by Crippen LogP contribution is 2.18. The van der Waals surface area contributed by atoms with Crippen LogP contribution in [-0.4, -0.2) is 21.4 Å². The van der Waals surface area contributed by atoms with E-state index in [1.54, 1.807) is 4.68 Å². The van der Waals surface area contributed by atoms with Crippen LogP contribution in [0.5, 0.6) is 0 Å². The first-order valence-corrected chi connectivity index (χ1v) is 4.03. The van der Waals surface area contributed by atoms with Gasteiger partial charge in [0.15, 0.2) is 0 Å². The van der Waals surface area contributed by atoms with Gasteiger partial charge in [-0.15, -0.1) is 0 Å². The van der Waals surface area contributed by atoms with Crippen LogP contribution in [0.25, 0.3) is 0 Å². The first-order chi connectivity index (χ1) is 5.65. The van der Waals surface area contributed by atoms with Crippen LogP contribution in [0.15, 0.2) is 6.20 Å². The second-order valence-corrected chi connectivity index (χ2v) is 2.94. The van der Waals surface area contributed by atoms with Gasteiger partial charge < -0.3 is 10.8 Å². The molecule has 0 amide bonds. The van der Waals surface area contributed by atoms with Gasteiger partial charge >= 0.3 is 0 Å². The van der Waals surface area contributed by atoms with Crippen molar-refractivity contribution in [1.29, 1.82) is 0 Å². The average Bonchev–Trinajstić information content (AvgIpc) is 2.30. The smallest absolute Gasteiger partial charge is 0.0835 e. The second-order valence-electron chi connectivity index (χ2n) is 2.94. The molecule has 0 aliphatic carbocycles. The van der Waals surface area contributed by atoms with E-state index in [1.807, 2.05) is 20.2 Å². The molecule has 0 aliphatic rings. The Morgan fingerprint density at radius 3 is 2.83 bits per heavy atom. The van der Waals surface area contributed by atoms with E-state index in [1.165, 1.54) is 0 Å². The van der Waals surface area contributed by atoms with Crippen molar-refractivity contribution >= 4 is 0 Å². The monoisotopic (exact) mass is 169 g/mol. The molecule has 0 unspecified atom stereocenters. The van der Waals surface area contributed by atoms with E-state index in [2.05, 4.69) is 5.10 Å². The zero-order chi connectivity index (χ0) is 9.14. The molecular weight excluding hydrogens is 154 g/mol. The van der Waals surface area contributed by atoms with Crippen molar-refractivity contribution in [2.45, 2.75) is 19.4 Å². The lowest BCUT2D eigenvalue weighted by Gasteiger charge is -2.06. The van der Waals surface area contributed by atoms with Gasteiger partial charge in [0.1, 0.15) is 0 Å². The third-order valence-electron chi connectivity index (χ3n) is 1.85. The van der Waals surface area contributed by atoms with Crippen LogP contribution in [0.3, 0.4) is 0 Å². The van der Waals surface area contributed by atoms with Crippen LogP contribution < -0.4 is 5.73 Å². The summed E-state index contributed by atoms with van der Waals surface area (Å²) >= 11 is 0. The maximum absolute atomic E-state index is 9.58. The standard InChI is InChI=1S/C8H15N3O/c1-6-7(5-11(2)10-6)8(12)3-4-9/h5,8,12H,3-4,9H2,1-2H3/t8-/m1/s1. The van der Waals surface area contributed by atoms with Gasteiger partial charge in [0.25, 0.3) is 0 Å². The molecule has 1 atom stereocenters. The van der Waals surface area contributed by atoms with E-state index in [9.17, 15) is 5.11 Å². The third kappa shape index (κ3) is 1.84. The van der Waals surface area contributed by atoms with Gasteiger partial charge in [-0.1, -0.05) is 0 Å². The van der Waals surface area contributed by atoms with E-state index in [0.717, 1.165) is 11.3 Å². The highest BCUT2D eigenvalue weighted by Gasteiger charge is 2.11. The fourth-order valence-electron chi connectivity index (χ4n) is 1.26. The molecule has 0 spiro atoms. The van der Waals surface area contributed by atoms with Gasteiger partial charge in [-0.25, -0.2) is 0 Å². The number of aryl methyl sites for hydroxylation is 2. The Labute approximate surface area is 72.0 Å². The summed E-state index contributed by atoms with van der Waals surface area (Å²) in [6.45, 7) is 2.38. The summed E-state index contributed by atoms with van der Waals surface area (Å²) in [5, 5.41) is 13.7. The number of aliphatic hydroxyl groups is 1. The Bertz CT molecular complexity index is 257. The first-order valence-electron chi connectivity index (χ1n) is 4.03. The Balaban J connectivity index is 2.79. The van der Waals surface area contributed by atoms with Crippen molar-refractivity contribution in [1.82, 2.24) is 9.78 Å². The van der Waals surface area contributed by atoms with Gasteiger partial charge in [-0.3, -0.25) is 4.68 Å². The van der Waals surface area contributed by atoms with Crippen LogP contribution in [0.4, 0.5) is 0 Å². The lowest BCUT2D eigenvalue weighted by atomic mass is 10.1. The molecule has 1 rings (SSSR count). The van der Waals surface area contributed by atoms with Crippen LogP contribution in [0.1, 0.15) is 23.8 Å². The summed E-state index contributed by atoms with van der Waals surface area (Å²) in [6.07, 6.45) is 1.95. The number of rotatable bonds is 3. The Kier molecular flexibility index (Phi) is 2.83. The molecule has 4 heteroatoms. The van der Waals surface area contributed by atoms with Gasteiger partial charge in [0, 0.05) is 18.8 Å². The van der Waals surface area contributed by atoms with Crippen molar-refractivity contribution in [2.75, 3.05) is 6.54 Å². The summed E-state index contributed by atoms with van der Waals surface area (Å²) in [4.78, 5) is 0. The molecule has 0 aromatic carbocycles. The molecule has 0 radical (unpaired) electrons. The molecule has 0 bridgehead atoms. The molecule has 68 valence electrons. The summed E-state index contributed by atoms with van der Waals surface area (Å²) in [7, 11) is 1.84. The minimum atomic E-state index is -0.469. The van der Waals surface area contributed by atoms with Crippen LogP contribution in [0.2, 0.25) is 0 Å². The molecule has 1 aromatic rings. The van der Waals surface area contributed by atoms with E-state index in [-0.39, 0.29) is 0 Å². The van der Waals surface area contributed by atoms with Gasteiger partial charge in [0.05, 0.1) is 11.8 Å². The molecule has 1 aromatic heterocycles. The maximum Gasteiger partial charge on any atom is 0.0835 e. The van der Waals surface area contributed by atoms with E-state index in [0.29, 0.717) is 13.0 Å². The minimum Gasteiger partial charge on any atom is -0.388 e. The summed E-state index contributed by atoms with van der Waals surface area (Å²) in [6, 6.07) is 0. The van der Waals surface area contributed by atoms with Crippen molar-refractivity contribution in [2.24, 2.45) is 12.8 Å². The van der Waals surface area contributed by atoms with Gasteiger partial charge in [0.2, 0.25) is 0 Å². The summed E-state index contributed by atoms with van der Waals surface area (Å²) in [5.41, 5.74) is 7.09. The quantitative estimate of drug-likeness (QED) is 0.675. The van der Waals surface area contributed by atoms with Gasteiger partial charge in [-0.2, -0.15) is 5.10 Å². The maximum atomic E-state index is 9.58. The molecule has 1 heterocycles. The Morgan fingerprint density at radius 2 is 2.42 bits per heavy atom. The number of aromatic nitrogens is 2. The lowest BCUT2D eigenvalue weighted by Crippen LogP contribution is -2.06.